The maximum Gasteiger partial charge on any atom is 0.344 e. The van der Waals surface area contributed by atoms with Crippen LogP contribution in [0.1, 0.15) is 61.7 Å². The molecule has 0 spiro atoms. The Morgan fingerprint density at radius 3 is 2.30 bits per heavy atom. The monoisotopic (exact) mass is 446 g/mol. The fourth-order valence-corrected chi connectivity index (χ4v) is 4.08. The van der Waals surface area contributed by atoms with Gasteiger partial charge in [0.05, 0.1) is 5.69 Å². The first kappa shape index (κ1) is 21.1. The third-order valence-corrected chi connectivity index (χ3v) is 5.67. The number of para-hydroxylation sites is 1. The third kappa shape index (κ3) is 4.55. The zero-order valence-corrected chi connectivity index (χ0v) is 18.7. The standard InChI is InChI=1S/C25H26N4O4/c1-16(2)21-22(23(30)26-17-8-6-7-9-17)33-25-27-24(28-29(21)25)32-20-14-12-19(13-15-20)31-18-10-4-3-5-11-18/h3-5,10-17H,6-9H2,1-2H3,(H,26,30). The molecule has 1 N–H and O–H groups in total. The molecule has 1 fully saturated rings. The zero-order valence-electron chi connectivity index (χ0n) is 18.7. The van der Waals surface area contributed by atoms with E-state index < -0.39 is 0 Å². The van der Waals surface area contributed by atoms with Crippen molar-refractivity contribution in [3.8, 4) is 23.3 Å². The Balaban J connectivity index is 1.32. The van der Waals surface area contributed by atoms with Gasteiger partial charge in [-0.05, 0) is 55.2 Å². The molecule has 1 saturated carbocycles. The molecule has 1 amide bonds. The van der Waals surface area contributed by atoms with Crippen LogP contribution in [0.2, 0.25) is 0 Å². The predicted octanol–water partition coefficient (Wildman–Crippen LogP) is 5.70. The number of carbonyl (C=O) groups excluding carboxylic acids is 1. The lowest BCUT2D eigenvalue weighted by molar-refractivity contribution is 0.0909. The number of amides is 1. The van der Waals surface area contributed by atoms with Crippen molar-refractivity contribution in [1.29, 1.82) is 0 Å². The van der Waals surface area contributed by atoms with Crippen molar-refractivity contribution in [3.63, 3.8) is 0 Å². The minimum absolute atomic E-state index is 0.0135. The van der Waals surface area contributed by atoms with Gasteiger partial charge in [-0.1, -0.05) is 44.9 Å². The number of nitrogens with zero attached hydrogens (tertiary/aromatic N) is 3. The molecule has 5 rings (SSSR count). The summed E-state index contributed by atoms with van der Waals surface area (Å²) >= 11 is 0. The van der Waals surface area contributed by atoms with Gasteiger partial charge in [0.15, 0.2) is 0 Å². The Hall–Kier alpha value is -3.81. The molecule has 33 heavy (non-hydrogen) atoms. The van der Waals surface area contributed by atoms with Crippen LogP contribution < -0.4 is 14.8 Å². The molecule has 0 unspecified atom stereocenters. The smallest absolute Gasteiger partial charge is 0.344 e. The number of oxazole rings is 1. The fourth-order valence-electron chi connectivity index (χ4n) is 4.08. The van der Waals surface area contributed by atoms with Crippen LogP contribution in [0.3, 0.4) is 0 Å². The number of fused-ring (bicyclic) bond motifs is 1. The summed E-state index contributed by atoms with van der Waals surface area (Å²) in [7, 11) is 0. The highest BCUT2D eigenvalue weighted by Crippen LogP contribution is 2.29. The normalized spacial score (nSPS) is 14.2. The predicted molar refractivity (Wildman–Crippen MR) is 122 cm³/mol. The molecule has 1 aliphatic rings. The van der Waals surface area contributed by atoms with E-state index in [9.17, 15) is 4.79 Å². The number of rotatable bonds is 7. The summed E-state index contributed by atoms with van der Waals surface area (Å²) in [6.07, 6.45) is 4.30. The second-order valence-electron chi connectivity index (χ2n) is 8.50. The molecule has 4 aromatic rings. The van der Waals surface area contributed by atoms with Gasteiger partial charge in [-0.15, -0.1) is 10.1 Å². The van der Waals surface area contributed by atoms with E-state index in [0.717, 1.165) is 31.4 Å². The molecule has 1 aliphatic carbocycles. The number of hydrogen-bond acceptors (Lipinski definition) is 6. The average molecular weight is 447 g/mol. The van der Waals surface area contributed by atoms with Gasteiger partial charge in [0.2, 0.25) is 5.76 Å². The number of hydrogen-bond donors (Lipinski definition) is 1. The molecule has 0 bridgehead atoms. The van der Waals surface area contributed by atoms with Crippen molar-refractivity contribution >= 4 is 11.8 Å². The Labute approximate surface area is 191 Å². The minimum atomic E-state index is -0.214. The second kappa shape index (κ2) is 8.97. The molecule has 8 heteroatoms. The maximum atomic E-state index is 12.8. The van der Waals surface area contributed by atoms with Gasteiger partial charge in [-0.3, -0.25) is 4.79 Å². The molecule has 170 valence electrons. The summed E-state index contributed by atoms with van der Waals surface area (Å²) in [6.45, 7) is 3.98. The minimum Gasteiger partial charge on any atom is -0.457 e. The van der Waals surface area contributed by atoms with Crippen molar-refractivity contribution in [2.24, 2.45) is 0 Å². The van der Waals surface area contributed by atoms with E-state index in [0.29, 0.717) is 17.2 Å². The van der Waals surface area contributed by atoms with Crippen LogP contribution in [0.15, 0.2) is 59.0 Å². The molecule has 0 aliphatic heterocycles. The largest absolute Gasteiger partial charge is 0.457 e. The number of nitrogens with one attached hydrogen (secondary N) is 1. The molecule has 2 heterocycles. The summed E-state index contributed by atoms with van der Waals surface area (Å²) < 4.78 is 19.0. The number of aromatic nitrogens is 3. The lowest BCUT2D eigenvalue weighted by atomic mass is 10.1. The van der Waals surface area contributed by atoms with Gasteiger partial charge in [-0.25, -0.2) is 0 Å². The van der Waals surface area contributed by atoms with E-state index in [4.69, 9.17) is 13.9 Å². The molecule has 0 radical (unpaired) electrons. The first-order chi connectivity index (χ1) is 16.1. The number of benzene rings is 2. The molecule has 2 aromatic heterocycles. The van der Waals surface area contributed by atoms with Crippen molar-refractivity contribution < 1.29 is 18.7 Å². The van der Waals surface area contributed by atoms with Gasteiger partial charge in [0.25, 0.3) is 5.91 Å². The van der Waals surface area contributed by atoms with Crippen LogP contribution in [0.25, 0.3) is 5.84 Å². The van der Waals surface area contributed by atoms with Crippen LogP contribution in [-0.2, 0) is 0 Å². The van der Waals surface area contributed by atoms with Gasteiger partial charge in [-0.2, -0.15) is 4.52 Å². The van der Waals surface area contributed by atoms with E-state index in [-0.39, 0.29) is 35.5 Å². The molecule has 8 nitrogen and oxygen atoms in total. The van der Waals surface area contributed by atoms with Crippen LogP contribution in [0.4, 0.5) is 0 Å². The van der Waals surface area contributed by atoms with Crippen LogP contribution in [-0.4, -0.2) is 26.5 Å². The summed E-state index contributed by atoms with van der Waals surface area (Å²) in [5.41, 5.74) is 0.675. The van der Waals surface area contributed by atoms with Gasteiger partial charge >= 0.3 is 11.9 Å². The van der Waals surface area contributed by atoms with Crippen molar-refractivity contribution in [2.75, 3.05) is 0 Å². The molecular weight excluding hydrogens is 420 g/mol. The van der Waals surface area contributed by atoms with Crippen molar-refractivity contribution in [1.82, 2.24) is 19.9 Å². The Kier molecular flexibility index (Phi) is 5.73. The lowest BCUT2D eigenvalue weighted by Gasteiger charge is -2.11. The first-order valence-corrected chi connectivity index (χ1v) is 11.3. The Morgan fingerprint density at radius 2 is 1.64 bits per heavy atom. The Morgan fingerprint density at radius 1 is 1.00 bits per heavy atom. The SMILES string of the molecule is CC(C)c1c(C(=O)NC2CCCC2)oc2nc(Oc3ccc(Oc4ccccc4)cc3)nn12. The van der Waals surface area contributed by atoms with Crippen LogP contribution >= 0.6 is 0 Å². The maximum absolute atomic E-state index is 12.8. The highest BCUT2D eigenvalue weighted by atomic mass is 16.5. The highest BCUT2D eigenvalue weighted by Gasteiger charge is 2.28. The summed E-state index contributed by atoms with van der Waals surface area (Å²) in [6, 6.07) is 17.1. The van der Waals surface area contributed by atoms with Crippen molar-refractivity contribution in [2.45, 2.75) is 51.5 Å². The van der Waals surface area contributed by atoms with E-state index in [2.05, 4.69) is 15.4 Å². The summed E-state index contributed by atoms with van der Waals surface area (Å²) in [5, 5.41) is 7.51. The molecular formula is C25H26N4O4. The average Bonchev–Trinajstić information content (AvgIpc) is 3.52. The summed E-state index contributed by atoms with van der Waals surface area (Å²) in [5.74, 6) is 2.31. The topological polar surface area (TPSA) is 90.9 Å². The first-order valence-electron chi connectivity index (χ1n) is 11.3. The van der Waals surface area contributed by atoms with Crippen molar-refractivity contribution in [3.05, 3.63) is 66.1 Å². The molecule has 0 atom stereocenters. The van der Waals surface area contributed by atoms with Crippen LogP contribution in [0, 0.1) is 0 Å². The molecule has 2 aromatic carbocycles. The summed E-state index contributed by atoms with van der Waals surface area (Å²) in [4.78, 5) is 17.1. The van der Waals surface area contributed by atoms with E-state index in [1.165, 1.54) is 0 Å². The van der Waals surface area contributed by atoms with E-state index >= 15 is 0 Å². The van der Waals surface area contributed by atoms with Gasteiger partial charge in [0, 0.05) is 6.04 Å². The lowest BCUT2D eigenvalue weighted by Crippen LogP contribution is -2.33. The van der Waals surface area contributed by atoms with Gasteiger partial charge < -0.3 is 19.2 Å². The number of ether oxygens (including phenoxy) is 2. The highest BCUT2D eigenvalue weighted by molar-refractivity contribution is 5.93. The molecule has 0 saturated heterocycles. The number of carbonyl (C=O) groups is 1. The zero-order chi connectivity index (χ0) is 22.8. The Bertz CT molecular complexity index is 1240. The third-order valence-electron chi connectivity index (χ3n) is 5.67. The van der Waals surface area contributed by atoms with E-state index in [1.54, 1.807) is 16.6 Å². The van der Waals surface area contributed by atoms with E-state index in [1.807, 2.05) is 56.3 Å². The quantitative estimate of drug-likeness (QED) is 0.391. The van der Waals surface area contributed by atoms with Crippen LogP contribution in [0.5, 0.6) is 23.3 Å². The second-order valence-corrected chi connectivity index (χ2v) is 8.50. The fraction of sp³-hybridized carbons (Fsp3) is 0.320. The van der Waals surface area contributed by atoms with Gasteiger partial charge in [0.1, 0.15) is 17.2 Å².